The first-order chi connectivity index (χ1) is 17.4. The first kappa shape index (κ1) is 25.5. The van der Waals surface area contributed by atoms with Crippen LogP contribution < -0.4 is 10.1 Å². The third kappa shape index (κ3) is 6.36. The highest BCUT2D eigenvalue weighted by atomic mass is 19.1. The summed E-state index contributed by atoms with van der Waals surface area (Å²) in [5, 5.41) is 9.10. The van der Waals surface area contributed by atoms with Gasteiger partial charge in [-0.25, -0.2) is 9.37 Å². The molecule has 0 aliphatic heterocycles. The van der Waals surface area contributed by atoms with Crippen LogP contribution in [0.4, 0.5) is 4.39 Å². The van der Waals surface area contributed by atoms with Crippen LogP contribution in [0.3, 0.4) is 0 Å². The lowest BCUT2D eigenvalue weighted by Gasteiger charge is -2.18. The second-order valence-corrected chi connectivity index (χ2v) is 9.65. The fraction of sp³-hybridized carbons (Fsp3) is 0.429. The summed E-state index contributed by atoms with van der Waals surface area (Å²) in [6.45, 7) is 2.61. The highest BCUT2D eigenvalue weighted by Gasteiger charge is 2.27. The van der Waals surface area contributed by atoms with E-state index in [1.807, 2.05) is 24.3 Å². The van der Waals surface area contributed by atoms with Crippen molar-refractivity contribution in [2.45, 2.75) is 57.3 Å². The maximum absolute atomic E-state index is 13.7. The van der Waals surface area contributed by atoms with Crippen LogP contribution in [0.1, 0.15) is 89.4 Å². The van der Waals surface area contributed by atoms with E-state index in [1.54, 1.807) is 0 Å². The zero-order valence-corrected chi connectivity index (χ0v) is 20.8. The van der Waals surface area contributed by atoms with Crippen LogP contribution in [0.2, 0.25) is 0 Å². The Morgan fingerprint density at radius 3 is 2.72 bits per heavy atom. The molecular weight excluding hydrogens is 459 g/mol. The van der Waals surface area contributed by atoms with E-state index in [2.05, 4.69) is 39.6 Å². The minimum atomic E-state index is -0.329. The maximum atomic E-state index is 13.7. The highest BCUT2D eigenvalue weighted by Crippen LogP contribution is 2.42. The Hall–Kier alpha value is -3.55. The molecule has 1 fully saturated rings. The van der Waals surface area contributed by atoms with Crippen LogP contribution in [0.15, 0.2) is 48.8 Å². The van der Waals surface area contributed by atoms with Crippen LogP contribution in [-0.4, -0.2) is 40.5 Å². The number of H-pyrrole nitrogens is 1. The number of aromatic nitrogens is 3. The van der Waals surface area contributed by atoms with E-state index >= 15 is 0 Å². The van der Waals surface area contributed by atoms with E-state index in [9.17, 15) is 14.0 Å². The fourth-order valence-electron chi connectivity index (χ4n) is 5.13. The molecule has 1 aromatic heterocycles. The number of Topliss-reactive ketones (excluding diaryl/α,β-unsaturated/α-hetero) is 1. The number of rotatable bonds is 11. The zero-order chi connectivity index (χ0) is 25.5. The molecule has 0 unspecified atom stereocenters. The molecule has 1 heterocycles. The fourth-order valence-corrected chi connectivity index (χ4v) is 5.13. The van der Waals surface area contributed by atoms with Crippen molar-refractivity contribution in [3.63, 3.8) is 0 Å². The van der Waals surface area contributed by atoms with Crippen LogP contribution in [0.25, 0.3) is 0 Å². The Kier molecular flexibility index (Phi) is 8.46. The zero-order valence-electron chi connectivity index (χ0n) is 20.8. The molecule has 1 amide bonds. The van der Waals surface area contributed by atoms with Crippen molar-refractivity contribution in [1.82, 2.24) is 20.5 Å². The van der Waals surface area contributed by atoms with Crippen LogP contribution >= 0.6 is 0 Å². The molecule has 36 heavy (non-hydrogen) atoms. The molecule has 0 saturated heterocycles. The molecule has 3 atom stereocenters. The number of ketones is 1. The molecule has 1 aliphatic carbocycles. The molecular formula is C28H33FN4O3. The topological polar surface area (TPSA) is 97.0 Å². The molecule has 190 valence electrons. The smallest absolute Gasteiger partial charge is 0.251 e. The summed E-state index contributed by atoms with van der Waals surface area (Å²) < 4.78 is 18.9. The van der Waals surface area contributed by atoms with Gasteiger partial charge < -0.3 is 10.1 Å². The van der Waals surface area contributed by atoms with Crippen molar-refractivity contribution < 1.29 is 18.7 Å². The van der Waals surface area contributed by atoms with Crippen molar-refractivity contribution in [1.29, 1.82) is 0 Å². The number of methoxy groups -OCH3 is 1. The molecule has 2 N–H and O–H groups in total. The number of carbonyl (C=O) groups is 2. The average Bonchev–Trinajstić information content (AvgIpc) is 3.59. The molecule has 4 rings (SSSR count). The van der Waals surface area contributed by atoms with Gasteiger partial charge in [-0.3, -0.25) is 14.7 Å². The normalized spacial score (nSPS) is 18.1. The lowest BCUT2D eigenvalue weighted by atomic mass is 9.88. The van der Waals surface area contributed by atoms with Crippen LogP contribution in [0, 0.1) is 11.7 Å². The number of halogens is 1. The van der Waals surface area contributed by atoms with E-state index < -0.39 is 0 Å². The quantitative estimate of drug-likeness (QED) is 0.275. The predicted molar refractivity (Wildman–Crippen MR) is 135 cm³/mol. The molecule has 0 bridgehead atoms. The molecule has 1 saturated carbocycles. The van der Waals surface area contributed by atoms with Crippen molar-refractivity contribution in [3.8, 4) is 5.75 Å². The number of hydrogen-bond acceptors (Lipinski definition) is 5. The molecule has 0 radical (unpaired) electrons. The van der Waals surface area contributed by atoms with E-state index in [-0.39, 0.29) is 23.3 Å². The van der Waals surface area contributed by atoms with Crippen molar-refractivity contribution in [3.05, 3.63) is 77.1 Å². The van der Waals surface area contributed by atoms with Crippen LogP contribution in [-0.2, 0) is 0 Å². The Morgan fingerprint density at radius 2 is 2.00 bits per heavy atom. The summed E-state index contributed by atoms with van der Waals surface area (Å²) in [5.74, 6) is 1.40. The molecule has 2 aromatic carbocycles. The number of benzene rings is 2. The number of carbonyl (C=O) groups excluding carboxylic acids is 2. The SMILES string of the molecule is COc1cc([C@@H](C)C[C@H]2CC[C@@H](c3ccc(C(=O)NCCCC(=O)c4ncn[nH]4)cc3)C2)ccc1F. The van der Waals surface area contributed by atoms with Crippen molar-refractivity contribution in [2.24, 2.45) is 5.92 Å². The summed E-state index contributed by atoms with van der Waals surface area (Å²) >= 11 is 0. The Morgan fingerprint density at radius 1 is 1.19 bits per heavy atom. The highest BCUT2D eigenvalue weighted by molar-refractivity contribution is 5.94. The molecule has 8 heteroatoms. The number of hydrogen-bond donors (Lipinski definition) is 2. The van der Waals surface area contributed by atoms with E-state index in [0.29, 0.717) is 48.5 Å². The van der Waals surface area contributed by atoms with Gasteiger partial charge in [0.05, 0.1) is 7.11 Å². The summed E-state index contributed by atoms with van der Waals surface area (Å²) in [6.07, 6.45) is 6.62. The maximum Gasteiger partial charge on any atom is 0.251 e. The summed E-state index contributed by atoms with van der Waals surface area (Å²) in [5.41, 5.74) is 2.99. The van der Waals surface area contributed by atoms with Gasteiger partial charge in [0.15, 0.2) is 23.2 Å². The van der Waals surface area contributed by atoms with Gasteiger partial charge in [-0.2, -0.15) is 5.10 Å². The summed E-state index contributed by atoms with van der Waals surface area (Å²) in [7, 11) is 1.49. The van der Waals surface area contributed by atoms with Gasteiger partial charge in [-0.05, 0) is 85.3 Å². The van der Waals surface area contributed by atoms with Crippen molar-refractivity contribution >= 4 is 11.7 Å². The number of amides is 1. The first-order valence-corrected chi connectivity index (χ1v) is 12.5. The molecule has 1 aliphatic rings. The van der Waals surface area contributed by atoms with Gasteiger partial charge in [-0.1, -0.05) is 25.1 Å². The number of nitrogens with zero attached hydrogens (tertiary/aromatic N) is 2. The van der Waals surface area contributed by atoms with Gasteiger partial charge in [0.2, 0.25) is 0 Å². The molecule has 0 spiro atoms. The Labute approximate surface area is 210 Å². The lowest BCUT2D eigenvalue weighted by molar-refractivity contribution is 0.0935. The predicted octanol–water partition coefficient (Wildman–Crippen LogP) is 5.42. The van der Waals surface area contributed by atoms with E-state index in [0.717, 1.165) is 24.8 Å². The molecule has 7 nitrogen and oxygen atoms in total. The van der Waals surface area contributed by atoms with Gasteiger partial charge >= 0.3 is 0 Å². The first-order valence-electron chi connectivity index (χ1n) is 12.5. The van der Waals surface area contributed by atoms with Gasteiger partial charge in [0.1, 0.15) is 6.33 Å². The third-order valence-electron chi connectivity index (χ3n) is 7.16. The second-order valence-electron chi connectivity index (χ2n) is 9.65. The monoisotopic (exact) mass is 492 g/mol. The Bertz CT molecular complexity index is 1160. The Balaban J connectivity index is 1.22. The van der Waals surface area contributed by atoms with Crippen LogP contribution in [0.5, 0.6) is 5.75 Å². The second kappa shape index (κ2) is 11.9. The van der Waals surface area contributed by atoms with Crippen molar-refractivity contribution in [2.75, 3.05) is 13.7 Å². The average molecular weight is 493 g/mol. The number of ether oxygens (including phenoxy) is 1. The summed E-state index contributed by atoms with van der Waals surface area (Å²) in [4.78, 5) is 28.2. The molecule has 3 aromatic rings. The lowest BCUT2D eigenvalue weighted by Crippen LogP contribution is -2.25. The van der Waals surface area contributed by atoms with Gasteiger partial charge in [-0.15, -0.1) is 0 Å². The van der Waals surface area contributed by atoms with Gasteiger partial charge in [0, 0.05) is 18.5 Å². The van der Waals surface area contributed by atoms with E-state index in [1.165, 1.54) is 31.5 Å². The number of nitrogens with one attached hydrogen (secondary N) is 2. The minimum Gasteiger partial charge on any atom is -0.494 e. The third-order valence-corrected chi connectivity index (χ3v) is 7.16. The van der Waals surface area contributed by atoms with Gasteiger partial charge in [0.25, 0.3) is 5.91 Å². The largest absolute Gasteiger partial charge is 0.494 e. The standard InChI is InChI=1S/C28H33FN4O3/c1-18(22-11-12-24(29)26(16-22)36-2)14-19-5-6-23(15-19)20-7-9-21(10-8-20)28(35)30-13-3-4-25(34)27-31-17-32-33-27/h7-12,16-19,23H,3-6,13-15H2,1-2H3,(H,30,35)(H,31,32,33)/t18-,19+,23+/m0/s1. The summed E-state index contributed by atoms with van der Waals surface area (Å²) in [6, 6.07) is 13.0. The van der Waals surface area contributed by atoms with E-state index in [4.69, 9.17) is 4.74 Å². The minimum absolute atomic E-state index is 0.118. The number of aromatic amines is 1.